The molecule has 35 heavy (non-hydrogen) atoms. The molecule has 0 radical (unpaired) electrons. The van der Waals surface area contributed by atoms with Crippen molar-refractivity contribution in [3.63, 3.8) is 0 Å². The van der Waals surface area contributed by atoms with Crippen molar-refractivity contribution in [2.45, 2.75) is 39.7 Å². The molecule has 0 bridgehead atoms. The Morgan fingerprint density at radius 2 is 2.00 bits per heavy atom. The fraction of sp³-hybridized carbons (Fsp3) is 0.308. The molecule has 0 fully saturated rings. The second kappa shape index (κ2) is 9.50. The van der Waals surface area contributed by atoms with Gasteiger partial charge >= 0.3 is 0 Å². The molecule has 8 nitrogen and oxygen atoms in total. The highest BCUT2D eigenvalue weighted by atomic mass is 32.1. The van der Waals surface area contributed by atoms with Gasteiger partial charge in [0.2, 0.25) is 4.80 Å². The molecule has 0 atom stereocenters. The van der Waals surface area contributed by atoms with Crippen LogP contribution in [0, 0.1) is 0 Å². The zero-order valence-electron chi connectivity index (χ0n) is 19.9. The maximum atomic E-state index is 13.5. The van der Waals surface area contributed by atoms with Gasteiger partial charge in [-0.05, 0) is 44.5 Å². The van der Waals surface area contributed by atoms with Gasteiger partial charge in [-0.1, -0.05) is 31.5 Å². The average Bonchev–Trinajstić information content (AvgIpc) is 3.35. The van der Waals surface area contributed by atoms with Crippen LogP contribution < -0.4 is 19.8 Å². The number of fused-ring (bicyclic) bond motifs is 2. The summed E-state index contributed by atoms with van der Waals surface area (Å²) in [6.45, 7) is 6.78. The van der Waals surface area contributed by atoms with Crippen molar-refractivity contribution in [1.29, 1.82) is 0 Å². The van der Waals surface area contributed by atoms with E-state index in [1.165, 1.54) is 11.3 Å². The van der Waals surface area contributed by atoms with E-state index in [4.69, 9.17) is 14.8 Å². The summed E-state index contributed by atoms with van der Waals surface area (Å²) in [5.74, 6) is 0.329. The summed E-state index contributed by atoms with van der Waals surface area (Å²) in [7, 11) is 0. The standard InChI is InChI=1S/C26H27N5O3S/c1-4-5-12-30-20-9-7-6-8-18(20)24(25(30)33)29-31-21(15-35-26(31)27-16(2)3)17-10-11-22-19(13-17)28-23(32)14-34-22/h6-11,13,15-16H,4-5,12,14H2,1-3H3,(H,28,32). The number of nitrogens with one attached hydrogen (secondary N) is 1. The van der Waals surface area contributed by atoms with E-state index in [0.717, 1.165) is 35.3 Å². The number of thiazole rings is 1. The van der Waals surface area contributed by atoms with Gasteiger partial charge in [0.15, 0.2) is 12.3 Å². The van der Waals surface area contributed by atoms with Crippen LogP contribution in [0.3, 0.4) is 0 Å². The smallest absolute Gasteiger partial charge is 0.279 e. The first-order valence-electron chi connectivity index (χ1n) is 11.8. The summed E-state index contributed by atoms with van der Waals surface area (Å²) < 4.78 is 7.25. The van der Waals surface area contributed by atoms with Crippen molar-refractivity contribution in [3.8, 4) is 17.0 Å². The summed E-state index contributed by atoms with van der Waals surface area (Å²) in [4.78, 5) is 32.6. The Bertz CT molecular complexity index is 1400. The minimum absolute atomic E-state index is 0.00587. The molecular weight excluding hydrogens is 462 g/mol. The Morgan fingerprint density at radius 3 is 2.80 bits per heavy atom. The summed E-state index contributed by atoms with van der Waals surface area (Å²) in [6.07, 6.45) is 1.92. The maximum Gasteiger partial charge on any atom is 0.279 e. The zero-order chi connectivity index (χ0) is 24.5. The second-order valence-corrected chi connectivity index (χ2v) is 9.60. The van der Waals surface area contributed by atoms with Crippen LogP contribution in [0.15, 0.2) is 57.9 Å². The predicted molar refractivity (Wildman–Crippen MR) is 138 cm³/mol. The molecule has 1 aromatic heterocycles. The molecule has 5 rings (SSSR count). The third-order valence-electron chi connectivity index (χ3n) is 5.80. The van der Waals surface area contributed by atoms with Gasteiger partial charge < -0.3 is 15.0 Å². The lowest BCUT2D eigenvalue weighted by Gasteiger charge is -2.18. The molecule has 0 unspecified atom stereocenters. The van der Waals surface area contributed by atoms with Gasteiger partial charge in [0.05, 0.1) is 17.1 Å². The largest absolute Gasteiger partial charge is 0.482 e. The summed E-state index contributed by atoms with van der Waals surface area (Å²) >= 11 is 1.46. The van der Waals surface area contributed by atoms with Gasteiger partial charge in [-0.3, -0.25) is 14.6 Å². The summed E-state index contributed by atoms with van der Waals surface area (Å²) in [5, 5.41) is 9.72. The molecule has 0 aliphatic carbocycles. The molecule has 0 spiro atoms. The van der Waals surface area contributed by atoms with E-state index in [1.54, 1.807) is 4.68 Å². The van der Waals surface area contributed by atoms with E-state index in [-0.39, 0.29) is 24.5 Å². The highest BCUT2D eigenvalue weighted by molar-refractivity contribution is 7.07. The first-order valence-corrected chi connectivity index (χ1v) is 12.7. The molecule has 3 heterocycles. The van der Waals surface area contributed by atoms with E-state index < -0.39 is 0 Å². The minimum Gasteiger partial charge on any atom is -0.482 e. The zero-order valence-corrected chi connectivity index (χ0v) is 20.8. The van der Waals surface area contributed by atoms with Crippen LogP contribution in [-0.2, 0) is 9.59 Å². The van der Waals surface area contributed by atoms with Crippen LogP contribution in [0.1, 0.15) is 39.2 Å². The Labute approximate surface area is 207 Å². The molecule has 180 valence electrons. The number of carbonyl (C=O) groups excluding carboxylic acids is 2. The van der Waals surface area contributed by atoms with Crippen molar-refractivity contribution in [1.82, 2.24) is 4.68 Å². The Morgan fingerprint density at radius 1 is 1.17 bits per heavy atom. The highest BCUT2D eigenvalue weighted by Crippen LogP contribution is 2.34. The Kier molecular flexibility index (Phi) is 6.25. The van der Waals surface area contributed by atoms with Crippen molar-refractivity contribution in [2.75, 3.05) is 23.4 Å². The summed E-state index contributed by atoms with van der Waals surface area (Å²) in [5.41, 5.74) is 4.33. The Balaban J connectivity index is 1.65. The fourth-order valence-electron chi connectivity index (χ4n) is 4.14. The lowest BCUT2D eigenvalue weighted by molar-refractivity contribution is -0.118. The summed E-state index contributed by atoms with van der Waals surface area (Å²) in [6, 6.07) is 13.5. The molecule has 9 heteroatoms. The molecule has 2 amide bonds. The van der Waals surface area contributed by atoms with E-state index in [1.807, 2.05) is 66.6 Å². The van der Waals surface area contributed by atoms with E-state index in [0.29, 0.717) is 28.5 Å². The van der Waals surface area contributed by atoms with Crippen molar-refractivity contribution < 1.29 is 14.3 Å². The number of hydrogen-bond donors (Lipinski definition) is 1. The average molecular weight is 490 g/mol. The first kappa shape index (κ1) is 23.0. The van der Waals surface area contributed by atoms with Gasteiger partial charge in [-0.2, -0.15) is 5.10 Å². The van der Waals surface area contributed by atoms with Crippen LogP contribution in [0.5, 0.6) is 5.75 Å². The van der Waals surface area contributed by atoms with Crippen molar-refractivity contribution in [2.24, 2.45) is 10.1 Å². The van der Waals surface area contributed by atoms with E-state index in [9.17, 15) is 9.59 Å². The number of benzene rings is 2. The number of nitrogens with zero attached hydrogens (tertiary/aromatic N) is 4. The van der Waals surface area contributed by atoms with E-state index in [2.05, 4.69) is 12.2 Å². The van der Waals surface area contributed by atoms with Gasteiger partial charge in [0.25, 0.3) is 11.8 Å². The molecule has 1 N–H and O–H groups in total. The molecule has 2 aliphatic heterocycles. The number of ether oxygens (including phenoxy) is 1. The lowest BCUT2D eigenvalue weighted by Crippen LogP contribution is -2.31. The van der Waals surface area contributed by atoms with Crippen LogP contribution in [-0.4, -0.2) is 41.4 Å². The van der Waals surface area contributed by atoms with Crippen molar-refractivity contribution in [3.05, 3.63) is 58.2 Å². The van der Waals surface area contributed by atoms with Gasteiger partial charge in [-0.15, -0.1) is 11.3 Å². The monoisotopic (exact) mass is 489 g/mol. The number of amides is 2. The number of unbranched alkanes of at least 4 members (excludes halogenated alkanes) is 1. The Hall–Kier alpha value is -3.72. The van der Waals surface area contributed by atoms with Crippen LogP contribution >= 0.6 is 11.3 Å². The van der Waals surface area contributed by atoms with Gasteiger partial charge in [-0.25, -0.2) is 4.68 Å². The van der Waals surface area contributed by atoms with Gasteiger partial charge in [0.1, 0.15) is 5.75 Å². The third kappa shape index (κ3) is 4.39. The third-order valence-corrected chi connectivity index (χ3v) is 6.63. The molecule has 2 aromatic carbocycles. The van der Waals surface area contributed by atoms with E-state index >= 15 is 0 Å². The quantitative estimate of drug-likeness (QED) is 0.561. The first-order chi connectivity index (χ1) is 17.0. The fourth-order valence-corrected chi connectivity index (χ4v) is 5.11. The number of hydrogen-bond acceptors (Lipinski definition) is 6. The highest BCUT2D eigenvalue weighted by Gasteiger charge is 2.34. The number of aromatic nitrogens is 1. The molecule has 0 saturated carbocycles. The molecular formula is C26H27N5O3S. The van der Waals surface area contributed by atoms with Crippen LogP contribution in [0.2, 0.25) is 0 Å². The lowest BCUT2D eigenvalue weighted by atomic mass is 10.1. The van der Waals surface area contributed by atoms with Crippen LogP contribution in [0.25, 0.3) is 11.3 Å². The SMILES string of the molecule is CCCCN1C(=O)C(=Nn2c(-c3ccc4c(c3)NC(=O)CO4)csc2=NC(C)C)c2ccccc21. The number of carbonyl (C=O) groups is 2. The molecule has 3 aromatic rings. The predicted octanol–water partition coefficient (Wildman–Crippen LogP) is 4.26. The minimum atomic E-state index is -0.191. The van der Waals surface area contributed by atoms with Crippen molar-refractivity contribution >= 4 is 40.2 Å². The normalized spacial score (nSPS) is 16.5. The molecule has 0 saturated heterocycles. The second-order valence-electron chi connectivity index (χ2n) is 8.76. The number of anilines is 2. The molecule has 2 aliphatic rings. The number of rotatable bonds is 6. The van der Waals surface area contributed by atoms with Gasteiger partial charge in [0, 0.05) is 29.1 Å². The van der Waals surface area contributed by atoms with Crippen LogP contribution in [0.4, 0.5) is 11.4 Å². The maximum absolute atomic E-state index is 13.5. The topological polar surface area (TPSA) is 88.3 Å². The number of para-hydroxylation sites is 1.